The average molecular weight is 367 g/mol. The number of halogens is 2. The van der Waals surface area contributed by atoms with Gasteiger partial charge in [-0.3, -0.25) is 0 Å². The third-order valence-corrected chi connectivity index (χ3v) is 3.95. The first-order valence-corrected chi connectivity index (χ1v) is 7.80. The Labute approximate surface area is 150 Å². The standard InChI is InChI=1S/C18H16Cl2O4/c1-22-16-5-3-4-13(18(16)23-2)11-24-17(21)9-7-12-6-8-14(19)15(20)10-12/h3-10H,11H2,1-2H3/b9-7+. The molecule has 0 aromatic heterocycles. The van der Waals surface area contributed by atoms with E-state index in [1.54, 1.807) is 49.6 Å². The monoisotopic (exact) mass is 366 g/mol. The van der Waals surface area contributed by atoms with Crippen molar-refractivity contribution in [2.24, 2.45) is 0 Å². The maximum absolute atomic E-state index is 11.9. The molecule has 126 valence electrons. The summed E-state index contributed by atoms with van der Waals surface area (Å²) in [6.45, 7) is 0.0743. The van der Waals surface area contributed by atoms with Crippen molar-refractivity contribution in [2.45, 2.75) is 6.61 Å². The minimum Gasteiger partial charge on any atom is -0.493 e. The van der Waals surface area contributed by atoms with E-state index in [9.17, 15) is 4.79 Å². The number of methoxy groups -OCH3 is 2. The third-order valence-electron chi connectivity index (χ3n) is 3.21. The summed E-state index contributed by atoms with van der Waals surface area (Å²) in [6.07, 6.45) is 2.93. The van der Waals surface area contributed by atoms with E-state index in [4.69, 9.17) is 37.4 Å². The molecule has 0 fully saturated rings. The van der Waals surface area contributed by atoms with E-state index < -0.39 is 5.97 Å². The number of hydrogen-bond donors (Lipinski definition) is 0. The predicted molar refractivity (Wildman–Crippen MR) is 94.8 cm³/mol. The predicted octanol–water partition coefficient (Wildman–Crippen LogP) is 4.77. The molecule has 2 aromatic carbocycles. The highest BCUT2D eigenvalue weighted by Crippen LogP contribution is 2.31. The van der Waals surface area contributed by atoms with E-state index in [-0.39, 0.29) is 6.61 Å². The summed E-state index contributed by atoms with van der Waals surface area (Å²) >= 11 is 11.8. The van der Waals surface area contributed by atoms with E-state index in [0.29, 0.717) is 27.1 Å². The normalized spacial score (nSPS) is 10.7. The number of benzene rings is 2. The maximum Gasteiger partial charge on any atom is 0.331 e. The van der Waals surface area contributed by atoms with Crippen LogP contribution < -0.4 is 9.47 Å². The second-order valence-electron chi connectivity index (χ2n) is 4.77. The van der Waals surface area contributed by atoms with Gasteiger partial charge in [0.15, 0.2) is 11.5 Å². The van der Waals surface area contributed by atoms with Gasteiger partial charge in [0.05, 0.1) is 24.3 Å². The Hall–Kier alpha value is -2.17. The molecule has 0 amide bonds. The van der Waals surface area contributed by atoms with Gasteiger partial charge < -0.3 is 14.2 Å². The zero-order chi connectivity index (χ0) is 17.5. The SMILES string of the molecule is COc1cccc(COC(=O)/C=C/c2ccc(Cl)c(Cl)c2)c1OC. The van der Waals surface area contributed by atoms with Crippen LogP contribution in [0.15, 0.2) is 42.5 Å². The summed E-state index contributed by atoms with van der Waals surface area (Å²) in [4.78, 5) is 11.9. The number of carbonyl (C=O) groups excluding carboxylic acids is 1. The minimum atomic E-state index is -0.481. The van der Waals surface area contributed by atoms with Crippen LogP contribution in [0.2, 0.25) is 10.0 Å². The van der Waals surface area contributed by atoms with Crippen molar-refractivity contribution in [1.82, 2.24) is 0 Å². The lowest BCUT2D eigenvalue weighted by atomic mass is 10.2. The zero-order valence-electron chi connectivity index (χ0n) is 13.2. The summed E-state index contributed by atoms with van der Waals surface area (Å²) in [5.74, 6) is 0.643. The molecule has 0 bridgehead atoms. The van der Waals surface area contributed by atoms with Crippen LogP contribution in [0.3, 0.4) is 0 Å². The quantitative estimate of drug-likeness (QED) is 0.545. The van der Waals surface area contributed by atoms with Crippen molar-refractivity contribution in [3.05, 3.63) is 63.6 Å². The Balaban J connectivity index is 2.00. The van der Waals surface area contributed by atoms with Crippen molar-refractivity contribution in [3.8, 4) is 11.5 Å². The highest BCUT2D eigenvalue weighted by Gasteiger charge is 2.10. The number of carbonyl (C=O) groups is 1. The summed E-state index contributed by atoms with van der Waals surface area (Å²) in [5.41, 5.74) is 1.47. The van der Waals surface area contributed by atoms with Crippen molar-refractivity contribution in [3.63, 3.8) is 0 Å². The van der Waals surface area contributed by atoms with Gasteiger partial charge in [0.25, 0.3) is 0 Å². The van der Waals surface area contributed by atoms with Gasteiger partial charge in [0.1, 0.15) is 6.61 Å². The van der Waals surface area contributed by atoms with Gasteiger partial charge in [0, 0.05) is 11.6 Å². The first kappa shape index (κ1) is 18.2. The molecule has 0 aliphatic heterocycles. The van der Waals surface area contributed by atoms with E-state index in [1.807, 2.05) is 0 Å². The lowest BCUT2D eigenvalue weighted by Gasteiger charge is -2.12. The Morgan fingerprint density at radius 1 is 1.08 bits per heavy atom. The first-order chi connectivity index (χ1) is 11.5. The van der Waals surface area contributed by atoms with Crippen LogP contribution in [-0.4, -0.2) is 20.2 Å². The third kappa shape index (κ3) is 4.66. The number of rotatable bonds is 6. The smallest absolute Gasteiger partial charge is 0.331 e. The molecule has 0 N–H and O–H groups in total. The molecule has 0 saturated heterocycles. The highest BCUT2D eigenvalue weighted by atomic mass is 35.5. The number of esters is 1. The lowest BCUT2D eigenvalue weighted by Crippen LogP contribution is -2.03. The molecular formula is C18H16Cl2O4. The lowest BCUT2D eigenvalue weighted by molar-refractivity contribution is -0.138. The van der Waals surface area contributed by atoms with Gasteiger partial charge in [-0.05, 0) is 29.8 Å². The van der Waals surface area contributed by atoms with Gasteiger partial charge in [-0.2, -0.15) is 0 Å². The fraction of sp³-hybridized carbons (Fsp3) is 0.167. The van der Waals surface area contributed by atoms with E-state index in [1.165, 1.54) is 13.2 Å². The molecule has 4 nitrogen and oxygen atoms in total. The molecule has 0 spiro atoms. The Kier molecular flexibility index (Phi) is 6.53. The minimum absolute atomic E-state index is 0.0743. The Morgan fingerprint density at radius 3 is 2.54 bits per heavy atom. The largest absolute Gasteiger partial charge is 0.493 e. The second-order valence-corrected chi connectivity index (χ2v) is 5.58. The summed E-state index contributed by atoms with van der Waals surface area (Å²) in [5, 5.41) is 0.884. The second kappa shape index (κ2) is 8.62. The van der Waals surface area contributed by atoms with Crippen LogP contribution in [0, 0.1) is 0 Å². The van der Waals surface area contributed by atoms with Crippen molar-refractivity contribution in [1.29, 1.82) is 0 Å². The molecule has 0 saturated carbocycles. The molecule has 0 unspecified atom stereocenters. The van der Waals surface area contributed by atoms with Crippen LogP contribution in [-0.2, 0) is 16.1 Å². The average Bonchev–Trinajstić information content (AvgIpc) is 2.60. The van der Waals surface area contributed by atoms with E-state index in [2.05, 4.69) is 0 Å². The Bertz CT molecular complexity index is 757. The summed E-state index contributed by atoms with van der Waals surface area (Å²) in [6, 6.07) is 10.5. The van der Waals surface area contributed by atoms with E-state index in [0.717, 1.165) is 5.56 Å². The van der Waals surface area contributed by atoms with Crippen LogP contribution in [0.1, 0.15) is 11.1 Å². The maximum atomic E-state index is 11.9. The Morgan fingerprint density at radius 2 is 1.88 bits per heavy atom. The van der Waals surface area contributed by atoms with Gasteiger partial charge in [-0.15, -0.1) is 0 Å². The molecule has 0 atom stereocenters. The van der Waals surface area contributed by atoms with E-state index >= 15 is 0 Å². The van der Waals surface area contributed by atoms with Gasteiger partial charge in [-0.1, -0.05) is 41.4 Å². The van der Waals surface area contributed by atoms with Crippen molar-refractivity contribution in [2.75, 3.05) is 14.2 Å². The van der Waals surface area contributed by atoms with Crippen molar-refractivity contribution >= 4 is 35.2 Å². The van der Waals surface area contributed by atoms with Crippen molar-refractivity contribution < 1.29 is 19.0 Å². The summed E-state index contributed by atoms with van der Waals surface area (Å²) in [7, 11) is 3.08. The molecule has 0 radical (unpaired) electrons. The first-order valence-electron chi connectivity index (χ1n) is 7.05. The fourth-order valence-electron chi connectivity index (χ4n) is 2.04. The highest BCUT2D eigenvalue weighted by molar-refractivity contribution is 6.42. The molecule has 6 heteroatoms. The van der Waals surface area contributed by atoms with Crippen LogP contribution >= 0.6 is 23.2 Å². The van der Waals surface area contributed by atoms with Gasteiger partial charge >= 0.3 is 5.97 Å². The fourth-order valence-corrected chi connectivity index (χ4v) is 2.35. The molecule has 2 aromatic rings. The molecule has 0 aliphatic rings. The number of hydrogen-bond acceptors (Lipinski definition) is 4. The van der Waals surface area contributed by atoms with Gasteiger partial charge in [-0.25, -0.2) is 4.79 Å². The molecule has 24 heavy (non-hydrogen) atoms. The molecule has 0 aliphatic carbocycles. The van der Waals surface area contributed by atoms with Crippen LogP contribution in [0.4, 0.5) is 0 Å². The number of para-hydroxylation sites is 1. The molecule has 0 heterocycles. The zero-order valence-corrected chi connectivity index (χ0v) is 14.7. The molecule has 2 rings (SSSR count). The summed E-state index contributed by atoms with van der Waals surface area (Å²) < 4.78 is 15.7. The number of ether oxygens (including phenoxy) is 3. The topological polar surface area (TPSA) is 44.8 Å². The van der Waals surface area contributed by atoms with Gasteiger partial charge in [0.2, 0.25) is 0 Å². The van der Waals surface area contributed by atoms with Crippen LogP contribution in [0.5, 0.6) is 11.5 Å². The molecular weight excluding hydrogens is 351 g/mol. The van der Waals surface area contributed by atoms with Crippen LogP contribution in [0.25, 0.3) is 6.08 Å².